The molecule has 0 radical (unpaired) electrons. The summed E-state index contributed by atoms with van der Waals surface area (Å²) in [6.07, 6.45) is 6.91. The molecule has 19 heavy (non-hydrogen) atoms. The van der Waals surface area contributed by atoms with Gasteiger partial charge >= 0.3 is 6.03 Å². The van der Waals surface area contributed by atoms with E-state index in [-0.39, 0.29) is 6.03 Å². The van der Waals surface area contributed by atoms with Gasteiger partial charge in [-0.15, -0.1) is 0 Å². The van der Waals surface area contributed by atoms with Crippen molar-refractivity contribution in [2.75, 3.05) is 32.7 Å². The molecule has 0 spiro atoms. The normalized spacial score (nSPS) is 22.8. The Balaban J connectivity index is 1.70. The fourth-order valence-electron chi connectivity index (χ4n) is 3.14. The fourth-order valence-corrected chi connectivity index (χ4v) is 3.14. The second-order valence-electron chi connectivity index (χ2n) is 6.39. The van der Waals surface area contributed by atoms with E-state index in [9.17, 15) is 4.79 Å². The number of carbonyl (C=O) groups excluding carboxylic acids is 1. The summed E-state index contributed by atoms with van der Waals surface area (Å²) in [6, 6.07) is 0.909. The van der Waals surface area contributed by atoms with Crippen LogP contribution in [0.4, 0.5) is 4.79 Å². The molecular weight excluding hydrogens is 238 g/mol. The zero-order valence-corrected chi connectivity index (χ0v) is 12.5. The van der Waals surface area contributed by atoms with Crippen molar-refractivity contribution < 1.29 is 4.79 Å². The highest BCUT2D eigenvalue weighted by atomic mass is 16.2. The lowest BCUT2D eigenvalue weighted by Crippen LogP contribution is -2.54. The third kappa shape index (κ3) is 4.37. The van der Waals surface area contributed by atoms with Crippen LogP contribution < -0.4 is 5.32 Å². The summed E-state index contributed by atoms with van der Waals surface area (Å²) >= 11 is 0. The molecule has 1 aliphatic heterocycles. The number of rotatable bonds is 3. The average molecular weight is 267 g/mol. The fraction of sp³-hybridized carbons (Fsp3) is 0.933. The molecule has 0 atom stereocenters. The van der Waals surface area contributed by atoms with E-state index in [1.807, 2.05) is 4.90 Å². The summed E-state index contributed by atoms with van der Waals surface area (Å²) in [7, 11) is 0. The van der Waals surface area contributed by atoms with Crippen molar-refractivity contribution in [2.45, 2.75) is 52.0 Å². The van der Waals surface area contributed by atoms with E-state index in [0.717, 1.165) is 38.8 Å². The van der Waals surface area contributed by atoms with Crippen LogP contribution in [0.2, 0.25) is 0 Å². The van der Waals surface area contributed by atoms with Crippen molar-refractivity contribution in [3.8, 4) is 0 Å². The molecule has 4 heteroatoms. The van der Waals surface area contributed by atoms with Crippen LogP contribution >= 0.6 is 0 Å². The van der Waals surface area contributed by atoms with Gasteiger partial charge in [-0.2, -0.15) is 0 Å². The quantitative estimate of drug-likeness (QED) is 0.851. The molecular formula is C15H29N3O. The number of amides is 2. The molecule has 2 aliphatic rings. The van der Waals surface area contributed by atoms with E-state index in [0.29, 0.717) is 5.92 Å². The van der Waals surface area contributed by atoms with Gasteiger partial charge in [0.25, 0.3) is 0 Å². The van der Waals surface area contributed by atoms with Gasteiger partial charge in [0.15, 0.2) is 0 Å². The van der Waals surface area contributed by atoms with E-state index in [2.05, 4.69) is 24.1 Å². The number of piperazine rings is 1. The van der Waals surface area contributed by atoms with E-state index >= 15 is 0 Å². The van der Waals surface area contributed by atoms with Crippen LogP contribution in [-0.2, 0) is 0 Å². The zero-order chi connectivity index (χ0) is 13.7. The Morgan fingerprint density at radius 3 is 2.32 bits per heavy atom. The van der Waals surface area contributed by atoms with Crippen LogP contribution in [0.5, 0.6) is 0 Å². The molecule has 1 aliphatic carbocycles. The van der Waals surface area contributed by atoms with Crippen molar-refractivity contribution in [2.24, 2.45) is 5.92 Å². The summed E-state index contributed by atoms with van der Waals surface area (Å²) in [5.74, 6) is 0.521. The van der Waals surface area contributed by atoms with Gasteiger partial charge in [-0.25, -0.2) is 4.79 Å². The average Bonchev–Trinajstić information content (AvgIpc) is 2.46. The predicted octanol–water partition coefficient (Wildman–Crippen LogP) is 2.30. The molecule has 4 nitrogen and oxygen atoms in total. The summed E-state index contributed by atoms with van der Waals surface area (Å²) < 4.78 is 0. The Labute approximate surface area is 117 Å². The molecule has 0 aromatic carbocycles. The zero-order valence-electron chi connectivity index (χ0n) is 12.5. The Morgan fingerprint density at radius 1 is 1.11 bits per heavy atom. The number of nitrogens with zero attached hydrogens (tertiary/aromatic N) is 2. The molecule has 1 heterocycles. The Kier molecular flexibility index (Phi) is 5.49. The smallest absolute Gasteiger partial charge is 0.317 e. The topological polar surface area (TPSA) is 35.6 Å². The van der Waals surface area contributed by atoms with Gasteiger partial charge in [0.2, 0.25) is 0 Å². The van der Waals surface area contributed by atoms with Gasteiger partial charge in [-0.1, -0.05) is 33.1 Å². The lowest BCUT2D eigenvalue weighted by atomic mass is 9.94. The van der Waals surface area contributed by atoms with E-state index in [4.69, 9.17) is 0 Å². The predicted molar refractivity (Wildman–Crippen MR) is 78.3 cm³/mol. The van der Waals surface area contributed by atoms with Crippen LogP contribution in [0.25, 0.3) is 0 Å². The molecule has 2 fully saturated rings. The third-order valence-corrected chi connectivity index (χ3v) is 4.35. The second kappa shape index (κ2) is 7.13. The summed E-state index contributed by atoms with van der Waals surface area (Å²) in [4.78, 5) is 16.6. The molecule has 0 aromatic rings. The first-order valence-corrected chi connectivity index (χ1v) is 7.93. The minimum Gasteiger partial charge on any atom is -0.338 e. The number of nitrogens with one attached hydrogen (secondary N) is 1. The Bertz CT molecular complexity index is 279. The lowest BCUT2D eigenvalue weighted by Gasteiger charge is -2.40. The van der Waals surface area contributed by atoms with Crippen molar-refractivity contribution in [1.82, 2.24) is 15.1 Å². The highest BCUT2D eigenvalue weighted by Gasteiger charge is 2.26. The van der Waals surface area contributed by atoms with Gasteiger partial charge in [0.05, 0.1) is 0 Å². The molecule has 2 amide bonds. The highest BCUT2D eigenvalue weighted by molar-refractivity contribution is 5.74. The molecule has 110 valence electrons. The molecule has 1 saturated heterocycles. The maximum atomic E-state index is 12.0. The number of carbonyl (C=O) groups is 1. The van der Waals surface area contributed by atoms with Crippen LogP contribution in [0.3, 0.4) is 0 Å². The van der Waals surface area contributed by atoms with Crippen molar-refractivity contribution in [1.29, 1.82) is 0 Å². The number of hydrogen-bond acceptors (Lipinski definition) is 2. The standard InChI is InChI=1S/C15H29N3O/c1-13(2)12-16-15(19)18-10-8-17(9-11-18)14-6-4-3-5-7-14/h13-14H,3-12H2,1-2H3,(H,16,19). The lowest BCUT2D eigenvalue weighted by molar-refractivity contribution is 0.0904. The second-order valence-corrected chi connectivity index (χ2v) is 6.39. The molecule has 1 N–H and O–H groups in total. The SMILES string of the molecule is CC(C)CNC(=O)N1CCN(C2CCCCC2)CC1. The summed E-state index contributed by atoms with van der Waals surface area (Å²) in [6.45, 7) is 8.92. The van der Waals surface area contributed by atoms with Gasteiger partial charge in [-0.05, 0) is 18.8 Å². The minimum absolute atomic E-state index is 0.122. The van der Waals surface area contributed by atoms with Gasteiger partial charge in [-0.3, -0.25) is 4.90 Å². The van der Waals surface area contributed by atoms with Crippen LogP contribution in [-0.4, -0.2) is 54.6 Å². The molecule has 0 bridgehead atoms. The molecule has 0 unspecified atom stereocenters. The first-order chi connectivity index (χ1) is 9.16. The number of urea groups is 1. The number of hydrogen-bond donors (Lipinski definition) is 1. The molecule has 0 aromatic heterocycles. The minimum atomic E-state index is 0.122. The van der Waals surface area contributed by atoms with Gasteiger partial charge in [0, 0.05) is 38.8 Å². The monoisotopic (exact) mass is 267 g/mol. The van der Waals surface area contributed by atoms with E-state index in [1.54, 1.807) is 0 Å². The van der Waals surface area contributed by atoms with Crippen molar-refractivity contribution >= 4 is 6.03 Å². The first kappa shape index (κ1) is 14.6. The molecule has 1 saturated carbocycles. The third-order valence-electron chi connectivity index (χ3n) is 4.35. The highest BCUT2D eigenvalue weighted by Crippen LogP contribution is 2.23. The van der Waals surface area contributed by atoms with Crippen molar-refractivity contribution in [3.05, 3.63) is 0 Å². The van der Waals surface area contributed by atoms with Crippen LogP contribution in [0, 0.1) is 5.92 Å². The van der Waals surface area contributed by atoms with Crippen molar-refractivity contribution in [3.63, 3.8) is 0 Å². The van der Waals surface area contributed by atoms with E-state index < -0.39 is 0 Å². The molecule has 2 rings (SSSR count). The van der Waals surface area contributed by atoms with Gasteiger partial charge in [0.1, 0.15) is 0 Å². The maximum absolute atomic E-state index is 12.0. The van der Waals surface area contributed by atoms with Crippen LogP contribution in [0.1, 0.15) is 46.0 Å². The Hall–Kier alpha value is -0.770. The largest absolute Gasteiger partial charge is 0.338 e. The maximum Gasteiger partial charge on any atom is 0.317 e. The first-order valence-electron chi connectivity index (χ1n) is 7.93. The Morgan fingerprint density at radius 2 is 1.74 bits per heavy atom. The van der Waals surface area contributed by atoms with E-state index in [1.165, 1.54) is 32.1 Å². The summed E-state index contributed by atoms with van der Waals surface area (Å²) in [5.41, 5.74) is 0. The van der Waals surface area contributed by atoms with Crippen LogP contribution in [0.15, 0.2) is 0 Å². The van der Waals surface area contributed by atoms with Gasteiger partial charge < -0.3 is 10.2 Å². The summed E-state index contributed by atoms with van der Waals surface area (Å²) in [5, 5.41) is 3.01.